The first kappa shape index (κ1) is 16.0. The second-order valence-electron chi connectivity index (χ2n) is 5.97. The van der Waals surface area contributed by atoms with Crippen molar-refractivity contribution in [1.82, 2.24) is 5.32 Å². The number of hydrogen-bond donors (Lipinski definition) is 1. The van der Waals surface area contributed by atoms with Crippen molar-refractivity contribution in [3.8, 4) is 0 Å². The Balaban J connectivity index is 1.88. The quantitative estimate of drug-likeness (QED) is 0.819. The van der Waals surface area contributed by atoms with E-state index in [2.05, 4.69) is 21.2 Å². The van der Waals surface area contributed by atoms with Crippen LogP contribution < -0.4 is 10.2 Å². The van der Waals surface area contributed by atoms with Gasteiger partial charge in [0.25, 0.3) is 0 Å². The van der Waals surface area contributed by atoms with Crippen molar-refractivity contribution >= 4 is 27.7 Å². The van der Waals surface area contributed by atoms with E-state index in [1.165, 1.54) is 12.1 Å². The average molecular weight is 363 g/mol. The molecular formula is C14H17BrF2N2O2. The molecule has 0 spiro atoms. The first-order chi connectivity index (χ1) is 9.65. The highest BCUT2D eigenvalue weighted by Gasteiger charge is 2.30. The van der Waals surface area contributed by atoms with Crippen LogP contribution in [0, 0.1) is 11.6 Å². The molecule has 0 bridgehead atoms. The van der Waals surface area contributed by atoms with E-state index in [9.17, 15) is 13.6 Å². The van der Waals surface area contributed by atoms with E-state index in [0.29, 0.717) is 18.8 Å². The van der Waals surface area contributed by atoms with Crippen molar-refractivity contribution in [3.05, 3.63) is 28.2 Å². The van der Waals surface area contributed by atoms with Gasteiger partial charge < -0.3 is 15.0 Å². The third-order valence-electron chi connectivity index (χ3n) is 2.94. The second kappa shape index (κ2) is 5.79. The highest BCUT2D eigenvalue weighted by molar-refractivity contribution is 9.10. The number of rotatable bonds is 2. The minimum atomic E-state index is -0.645. The predicted molar refractivity (Wildman–Crippen MR) is 79.4 cm³/mol. The molecule has 116 valence electrons. The fraction of sp³-hybridized carbons (Fsp3) is 0.500. The Morgan fingerprint density at radius 1 is 1.33 bits per heavy atom. The maximum Gasteiger partial charge on any atom is 0.407 e. The molecule has 1 heterocycles. The SMILES string of the molecule is CC(C)(C)OC(=O)NC1CN(c2cc(F)c(Br)c(F)c2)C1. The van der Waals surface area contributed by atoms with Crippen LogP contribution in [0.2, 0.25) is 0 Å². The molecule has 1 saturated heterocycles. The molecule has 0 saturated carbocycles. The molecule has 2 rings (SSSR count). The van der Waals surface area contributed by atoms with Crippen molar-refractivity contribution in [2.45, 2.75) is 32.4 Å². The van der Waals surface area contributed by atoms with Gasteiger partial charge in [-0.15, -0.1) is 0 Å². The Labute approximate surface area is 130 Å². The molecule has 0 aromatic heterocycles. The number of ether oxygens (including phenoxy) is 1. The molecule has 1 aromatic carbocycles. The highest BCUT2D eigenvalue weighted by Crippen LogP contribution is 2.28. The minimum absolute atomic E-state index is 0.0883. The zero-order chi connectivity index (χ0) is 15.8. The molecule has 1 aliphatic rings. The van der Waals surface area contributed by atoms with Gasteiger partial charge in [-0.25, -0.2) is 13.6 Å². The smallest absolute Gasteiger partial charge is 0.407 e. The van der Waals surface area contributed by atoms with Crippen molar-refractivity contribution in [2.75, 3.05) is 18.0 Å². The molecule has 1 aromatic rings. The van der Waals surface area contributed by atoms with Crippen molar-refractivity contribution in [3.63, 3.8) is 0 Å². The standard InChI is InChI=1S/C14H17BrF2N2O2/c1-14(2,3)21-13(20)18-8-6-19(7-8)9-4-10(16)12(15)11(17)5-9/h4-5,8H,6-7H2,1-3H3,(H,18,20). The summed E-state index contributed by atoms with van der Waals surface area (Å²) in [7, 11) is 0. The van der Waals surface area contributed by atoms with Gasteiger partial charge in [-0.2, -0.15) is 0 Å². The topological polar surface area (TPSA) is 41.6 Å². The number of alkyl carbamates (subject to hydrolysis) is 1. The van der Waals surface area contributed by atoms with E-state index in [1.54, 1.807) is 25.7 Å². The maximum atomic E-state index is 13.5. The Kier molecular flexibility index (Phi) is 4.41. The Morgan fingerprint density at radius 2 is 1.86 bits per heavy atom. The summed E-state index contributed by atoms with van der Waals surface area (Å²) in [6.07, 6.45) is -0.486. The van der Waals surface area contributed by atoms with E-state index in [4.69, 9.17) is 4.74 Å². The van der Waals surface area contributed by atoms with Gasteiger partial charge in [-0.1, -0.05) is 0 Å². The lowest BCUT2D eigenvalue weighted by molar-refractivity contribution is 0.0496. The Hall–Kier alpha value is -1.37. The molecule has 1 fully saturated rings. The van der Waals surface area contributed by atoms with E-state index in [-0.39, 0.29) is 10.5 Å². The lowest BCUT2D eigenvalue weighted by Crippen LogP contribution is -2.60. The number of carbonyl (C=O) groups is 1. The zero-order valence-corrected chi connectivity index (χ0v) is 13.6. The number of carbonyl (C=O) groups excluding carboxylic acids is 1. The summed E-state index contributed by atoms with van der Waals surface area (Å²) in [6.45, 7) is 6.33. The molecule has 7 heteroatoms. The number of amides is 1. The van der Waals surface area contributed by atoms with Crippen LogP contribution in [0.4, 0.5) is 19.3 Å². The molecule has 1 amide bonds. The maximum absolute atomic E-state index is 13.5. The van der Waals surface area contributed by atoms with Crippen LogP contribution in [0.15, 0.2) is 16.6 Å². The highest BCUT2D eigenvalue weighted by atomic mass is 79.9. The monoisotopic (exact) mass is 362 g/mol. The zero-order valence-electron chi connectivity index (χ0n) is 12.0. The summed E-state index contributed by atoms with van der Waals surface area (Å²) < 4.78 is 31.9. The number of hydrogen-bond acceptors (Lipinski definition) is 3. The number of nitrogens with zero attached hydrogens (tertiary/aromatic N) is 1. The number of anilines is 1. The van der Waals surface area contributed by atoms with Crippen LogP contribution in [0.5, 0.6) is 0 Å². The predicted octanol–water partition coefficient (Wildman–Crippen LogP) is 3.44. The van der Waals surface area contributed by atoms with Gasteiger partial charge in [0.1, 0.15) is 17.2 Å². The average Bonchev–Trinajstić information content (AvgIpc) is 2.27. The first-order valence-electron chi connectivity index (χ1n) is 6.55. The third kappa shape index (κ3) is 4.06. The molecule has 0 radical (unpaired) electrons. The second-order valence-corrected chi connectivity index (χ2v) is 6.76. The van der Waals surface area contributed by atoms with E-state index < -0.39 is 23.3 Å². The normalized spacial score (nSPS) is 15.6. The largest absolute Gasteiger partial charge is 0.444 e. The van der Waals surface area contributed by atoms with Crippen LogP contribution in [0.3, 0.4) is 0 Å². The molecule has 1 N–H and O–H groups in total. The fourth-order valence-electron chi connectivity index (χ4n) is 1.98. The fourth-order valence-corrected chi connectivity index (χ4v) is 2.21. The summed E-state index contributed by atoms with van der Waals surface area (Å²) >= 11 is 2.83. The van der Waals surface area contributed by atoms with Crippen molar-refractivity contribution in [1.29, 1.82) is 0 Å². The Morgan fingerprint density at radius 3 is 2.33 bits per heavy atom. The molecular weight excluding hydrogens is 346 g/mol. The van der Waals surface area contributed by atoms with Crippen LogP contribution in [-0.4, -0.2) is 30.8 Å². The number of halogens is 3. The van der Waals surface area contributed by atoms with Crippen LogP contribution in [0.1, 0.15) is 20.8 Å². The van der Waals surface area contributed by atoms with Gasteiger partial charge in [0, 0.05) is 18.8 Å². The van der Waals surface area contributed by atoms with Gasteiger partial charge in [0.15, 0.2) is 0 Å². The lowest BCUT2D eigenvalue weighted by atomic mass is 10.1. The summed E-state index contributed by atoms with van der Waals surface area (Å²) in [5.41, 5.74) is -0.0960. The minimum Gasteiger partial charge on any atom is -0.444 e. The number of nitrogens with one attached hydrogen (secondary N) is 1. The summed E-state index contributed by atoms with van der Waals surface area (Å²) in [5.74, 6) is -1.29. The third-order valence-corrected chi connectivity index (χ3v) is 3.69. The van der Waals surface area contributed by atoms with Crippen LogP contribution >= 0.6 is 15.9 Å². The van der Waals surface area contributed by atoms with Crippen molar-refractivity contribution in [2.24, 2.45) is 0 Å². The first-order valence-corrected chi connectivity index (χ1v) is 7.34. The molecule has 0 atom stereocenters. The lowest BCUT2D eigenvalue weighted by Gasteiger charge is -2.41. The van der Waals surface area contributed by atoms with Crippen molar-refractivity contribution < 1.29 is 18.3 Å². The Bertz CT molecular complexity index is 531. The molecule has 0 unspecified atom stereocenters. The van der Waals surface area contributed by atoms with E-state index in [1.807, 2.05) is 0 Å². The van der Waals surface area contributed by atoms with Gasteiger partial charge in [0.2, 0.25) is 0 Å². The molecule has 21 heavy (non-hydrogen) atoms. The van der Waals surface area contributed by atoms with Gasteiger partial charge >= 0.3 is 6.09 Å². The van der Waals surface area contributed by atoms with Crippen LogP contribution in [-0.2, 0) is 4.74 Å². The molecule has 0 aliphatic carbocycles. The van der Waals surface area contributed by atoms with Gasteiger partial charge in [-0.3, -0.25) is 0 Å². The van der Waals surface area contributed by atoms with E-state index in [0.717, 1.165) is 0 Å². The summed E-state index contributed by atoms with van der Waals surface area (Å²) in [6, 6.07) is 2.43. The van der Waals surface area contributed by atoms with E-state index >= 15 is 0 Å². The van der Waals surface area contributed by atoms with Crippen LogP contribution in [0.25, 0.3) is 0 Å². The number of benzene rings is 1. The summed E-state index contributed by atoms with van der Waals surface area (Å²) in [4.78, 5) is 13.4. The van der Waals surface area contributed by atoms with Gasteiger partial charge in [-0.05, 0) is 48.8 Å². The molecule has 1 aliphatic heterocycles. The summed E-state index contributed by atoms with van der Waals surface area (Å²) in [5, 5.41) is 2.71. The van der Waals surface area contributed by atoms with Gasteiger partial charge in [0.05, 0.1) is 10.5 Å². The molecule has 4 nitrogen and oxygen atoms in total.